The molecule has 2 aromatic heterocycles. The molecule has 0 saturated heterocycles. The van der Waals surface area contributed by atoms with Crippen LogP contribution in [0.5, 0.6) is 0 Å². The number of pyridine rings is 1. The van der Waals surface area contributed by atoms with Gasteiger partial charge in [-0.15, -0.1) is 0 Å². The van der Waals surface area contributed by atoms with Gasteiger partial charge in [0.05, 0.1) is 0 Å². The molecule has 1 amide bonds. The highest BCUT2D eigenvalue weighted by Gasteiger charge is 2.15. The molecule has 23 heavy (non-hydrogen) atoms. The molecule has 1 aliphatic rings. The average Bonchev–Trinajstić information content (AvgIpc) is 3.09. The van der Waals surface area contributed by atoms with Crippen molar-refractivity contribution in [3.05, 3.63) is 30.4 Å². The normalized spacial score (nSPS) is 15.5. The van der Waals surface area contributed by atoms with Crippen LogP contribution in [0.4, 0.5) is 0 Å². The van der Waals surface area contributed by atoms with Crippen LogP contribution in [0.2, 0.25) is 0 Å². The Morgan fingerprint density at radius 1 is 1.30 bits per heavy atom. The molecule has 0 aromatic carbocycles. The van der Waals surface area contributed by atoms with Gasteiger partial charge in [0, 0.05) is 37.3 Å². The summed E-state index contributed by atoms with van der Waals surface area (Å²) in [6.07, 6.45) is 10.6. The van der Waals surface area contributed by atoms with Gasteiger partial charge >= 0.3 is 0 Å². The molecule has 1 fully saturated rings. The summed E-state index contributed by atoms with van der Waals surface area (Å²) in [5, 5.41) is 6.95. The quantitative estimate of drug-likeness (QED) is 0.886. The SMILES string of the molecule is O=C(CCc1nc(-c2cccnc2)no1)NCC1CCCCC1. The first-order chi connectivity index (χ1) is 11.3. The maximum atomic E-state index is 11.9. The van der Waals surface area contributed by atoms with Crippen LogP contribution >= 0.6 is 0 Å². The Morgan fingerprint density at radius 3 is 2.96 bits per heavy atom. The van der Waals surface area contributed by atoms with Gasteiger partial charge in [-0.05, 0) is 30.9 Å². The summed E-state index contributed by atoms with van der Waals surface area (Å²) in [4.78, 5) is 20.3. The van der Waals surface area contributed by atoms with Crippen LogP contribution in [-0.4, -0.2) is 27.6 Å². The third-order valence-corrected chi connectivity index (χ3v) is 4.27. The Kier molecular flexibility index (Phi) is 5.34. The molecule has 6 heteroatoms. The Morgan fingerprint density at radius 2 is 2.17 bits per heavy atom. The summed E-state index contributed by atoms with van der Waals surface area (Å²) < 4.78 is 5.20. The van der Waals surface area contributed by atoms with Gasteiger partial charge in [-0.25, -0.2) is 0 Å². The lowest BCUT2D eigenvalue weighted by Crippen LogP contribution is -2.30. The number of nitrogens with zero attached hydrogens (tertiary/aromatic N) is 3. The van der Waals surface area contributed by atoms with Gasteiger partial charge in [-0.2, -0.15) is 4.98 Å². The summed E-state index contributed by atoms with van der Waals surface area (Å²) in [5.74, 6) is 1.69. The molecule has 3 rings (SSSR count). The van der Waals surface area contributed by atoms with Crippen molar-refractivity contribution in [1.29, 1.82) is 0 Å². The van der Waals surface area contributed by atoms with Gasteiger partial charge in [0.1, 0.15) is 0 Å². The van der Waals surface area contributed by atoms with E-state index in [4.69, 9.17) is 4.52 Å². The van der Waals surface area contributed by atoms with E-state index in [-0.39, 0.29) is 5.91 Å². The highest BCUT2D eigenvalue weighted by molar-refractivity contribution is 5.76. The molecular formula is C17H22N4O2. The molecule has 1 saturated carbocycles. The molecule has 0 aliphatic heterocycles. The molecule has 0 unspecified atom stereocenters. The van der Waals surface area contributed by atoms with Crippen LogP contribution in [0.15, 0.2) is 29.0 Å². The number of nitrogens with one attached hydrogen (secondary N) is 1. The summed E-state index contributed by atoms with van der Waals surface area (Å²) in [6, 6.07) is 3.70. The second kappa shape index (κ2) is 7.85. The van der Waals surface area contributed by atoms with E-state index in [2.05, 4.69) is 20.4 Å². The number of hydrogen-bond donors (Lipinski definition) is 1. The summed E-state index contributed by atoms with van der Waals surface area (Å²) in [7, 11) is 0. The van der Waals surface area contributed by atoms with Gasteiger partial charge in [0.15, 0.2) is 0 Å². The van der Waals surface area contributed by atoms with Crippen molar-refractivity contribution < 1.29 is 9.32 Å². The predicted molar refractivity (Wildman–Crippen MR) is 85.4 cm³/mol. The van der Waals surface area contributed by atoms with E-state index in [1.165, 1.54) is 32.1 Å². The second-order valence-corrected chi connectivity index (χ2v) is 6.06. The van der Waals surface area contributed by atoms with Gasteiger partial charge in [0.25, 0.3) is 0 Å². The molecule has 2 aromatic rings. The van der Waals surface area contributed by atoms with Gasteiger partial charge in [-0.1, -0.05) is 24.4 Å². The number of carbonyl (C=O) groups excluding carboxylic acids is 1. The maximum absolute atomic E-state index is 11.9. The Hall–Kier alpha value is -2.24. The minimum atomic E-state index is 0.0525. The lowest BCUT2D eigenvalue weighted by atomic mass is 9.89. The van der Waals surface area contributed by atoms with E-state index in [0.717, 1.165) is 12.1 Å². The molecule has 6 nitrogen and oxygen atoms in total. The first-order valence-corrected chi connectivity index (χ1v) is 8.31. The zero-order valence-corrected chi connectivity index (χ0v) is 13.2. The van der Waals surface area contributed by atoms with Crippen molar-refractivity contribution in [1.82, 2.24) is 20.4 Å². The van der Waals surface area contributed by atoms with E-state index in [9.17, 15) is 4.79 Å². The van der Waals surface area contributed by atoms with E-state index in [0.29, 0.717) is 30.5 Å². The summed E-state index contributed by atoms with van der Waals surface area (Å²) >= 11 is 0. The highest BCUT2D eigenvalue weighted by atomic mass is 16.5. The minimum absolute atomic E-state index is 0.0525. The van der Waals surface area contributed by atoms with Crippen LogP contribution < -0.4 is 5.32 Å². The number of amides is 1. The fourth-order valence-electron chi connectivity index (χ4n) is 2.93. The Balaban J connectivity index is 1.43. The largest absolute Gasteiger partial charge is 0.356 e. The van der Waals surface area contributed by atoms with Gasteiger partial charge in [0.2, 0.25) is 17.6 Å². The van der Waals surface area contributed by atoms with E-state index in [1.807, 2.05) is 12.1 Å². The topological polar surface area (TPSA) is 80.9 Å². The smallest absolute Gasteiger partial charge is 0.227 e. The number of aryl methyl sites for hydroxylation is 1. The third kappa shape index (κ3) is 4.61. The van der Waals surface area contributed by atoms with E-state index >= 15 is 0 Å². The minimum Gasteiger partial charge on any atom is -0.356 e. The predicted octanol–water partition coefficient (Wildman–Crippen LogP) is 2.76. The molecule has 0 bridgehead atoms. The van der Waals surface area contributed by atoms with Crippen LogP contribution in [-0.2, 0) is 11.2 Å². The lowest BCUT2D eigenvalue weighted by Gasteiger charge is -2.21. The number of carbonyl (C=O) groups is 1. The maximum Gasteiger partial charge on any atom is 0.227 e. The van der Waals surface area contributed by atoms with Crippen molar-refractivity contribution in [3.63, 3.8) is 0 Å². The van der Waals surface area contributed by atoms with Crippen molar-refractivity contribution in [2.45, 2.75) is 44.9 Å². The van der Waals surface area contributed by atoms with Crippen LogP contribution in [0, 0.1) is 5.92 Å². The lowest BCUT2D eigenvalue weighted by molar-refractivity contribution is -0.121. The fourth-order valence-corrected chi connectivity index (χ4v) is 2.93. The summed E-state index contributed by atoms with van der Waals surface area (Å²) in [5.41, 5.74) is 0.809. The first kappa shape index (κ1) is 15.6. The van der Waals surface area contributed by atoms with Gasteiger partial charge in [-0.3, -0.25) is 9.78 Å². The van der Waals surface area contributed by atoms with Crippen LogP contribution in [0.25, 0.3) is 11.4 Å². The molecule has 1 N–H and O–H groups in total. The van der Waals surface area contributed by atoms with Crippen LogP contribution in [0.1, 0.15) is 44.4 Å². The molecule has 2 heterocycles. The van der Waals surface area contributed by atoms with E-state index < -0.39 is 0 Å². The fraction of sp³-hybridized carbons (Fsp3) is 0.529. The monoisotopic (exact) mass is 314 g/mol. The first-order valence-electron chi connectivity index (χ1n) is 8.31. The Bertz CT molecular complexity index is 621. The average molecular weight is 314 g/mol. The third-order valence-electron chi connectivity index (χ3n) is 4.27. The zero-order chi connectivity index (χ0) is 15.9. The molecule has 122 valence electrons. The van der Waals surface area contributed by atoms with Crippen molar-refractivity contribution in [2.75, 3.05) is 6.54 Å². The molecular weight excluding hydrogens is 292 g/mol. The molecule has 1 aliphatic carbocycles. The zero-order valence-electron chi connectivity index (χ0n) is 13.2. The second-order valence-electron chi connectivity index (χ2n) is 6.06. The van der Waals surface area contributed by atoms with Crippen molar-refractivity contribution >= 4 is 5.91 Å². The van der Waals surface area contributed by atoms with Crippen LogP contribution in [0.3, 0.4) is 0 Å². The number of rotatable bonds is 6. The highest BCUT2D eigenvalue weighted by Crippen LogP contribution is 2.22. The number of aromatic nitrogens is 3. The van der Waals surface area contributed by atoms with Crippen molar-refractivity contribution in [3.8, 4) is 11.4 Å². The number of hydrogen-bond acceptors (Lipinski definition) is 5. The van der Waals surface area contributed by atoms with Crippen molar-refractivity contribution in [2.24, 2.45) is 5.92 Å². The molecule has 0 spiro atoms. The standard InChI is InChI=1S/C17H22N4O2/c22-15(19-11-13-5-2-1-3-6-13)8-9-16-20-17(21-23-16)14-7-4-10-18-12-14/h4,7,10,12-13H,1-3,5-6,8-9,11H2,(H,19,22). The molecule has 0 atom stereocenters. The van der Waals surface area contributed by atoms with Gasteiger partial charge < -0.3 is 9.84 Å². The van der Waals surface area contributed by atoms with E-state index in [1.54, 1.807) is 12.4 Å². The summed E-state index contributed by atoms with van der Waals surface area (Å²) in [6.45, 7) is 0.795. The molecule has 0 radical (unpaired) electrons. The Labute approximate surface area is 135 Å².